The maximum absolute atomic E-state index is 12.3. The summed E-state index contributed by atoms with van der Waals surface area (Å²) in [6.07, 6.45) is 0.466. The molecule has 1 saturated heterocycles. The van der Waals surface area contributed by atoms with E-state index in [1.54, 1.807) is 0 Å². The van der Waals surface area contributed by atoms with Crippen molar-refractivity contribution in [1.29, 1.82) is 0 Å². The molecule has 0 radical (unpaired) electrons. The lowest BCUT2D eigenvalue weighted by Gasteiger charge is -2.36. The van der Waals surface area contributed by atoms with Crippen LogP contribution in [0.15, 0.2) is 4.52 Å². The second-order valence-electron chi connectivity index (χ2n) is 5.02. The number of rotatable bonds is 2. The zero-order valence-electron chi connectivity index (χ0n) is 11.4. The highest BCUT2D eigenvalue weighted by Gasteiger charge is 2.28. The molecular weight excluding hydrogens is 232 g/mol. The Bertz CT molecular complexity index is 422. The van der Waals surface area contributed by atoms with Gasteiger partial charge in [-0.3, -0.25) is 4.79 Å². The third-order valence-electron chi connectivity index (χ3n) is 3.44. The fourth-order valence-corrected chi connectivity index (χ4v) is 2.26. The first-order chi connectivity index (χ1) is 8.49. The Kier molecular flexibility index (Phi) is 3.71. The smallest absolute Gasteiger partial charge is 0.227 e. The summed E-state index contributed by atoms with van der Waals surface area (Å²) in [6.45, 7) is 8.97. The fourth-order valence-electron chi connectivity index (χ4n) is 2.26. The molecule has 1 aliphatic rings. The van der Waals surface area contributed by atoms with Crippen LogP contribution in [0.4, 0.5) is 0 Å². The summed E-state index contributed by atoms with van der Waals surface area (Å²) in [7, 11) is 0. The Morgan fingerprint density at radius 2 is 2.17 bits per heavy atom. The van der Waals surface area contributed by atoms with Crippen LogP contribution < -0.4 is 0 Å². The van der Waals surface area contributed by atoms with Gasteiger partial charge in [-0.1, -0.05) is 5.16 Å². The standard InChI is InChI=1S/C13H20N2O3/c1-8-7-17-9(2)6-15(8)13(16)5-12-10(3)14-18-11(12)4/h8-9H,5-7H2,1-4H3/t8-,9-/m1/s1. The Morgan fingerprint density at radius 3 is 2.78 bits per heavy atom. The zero-order chi connectivity index (χ0) is 13.3. The maximum Gasteiger partial charge on any atom is 0.227 e. The number of aryl methyl sites for hydroxylation is 2. The van der Waals surface area contributed by atoms with Gasteiger partial charge in [-0.25, -0.2) is 0 Å². The van der Waals surface area contributed by atoms with Gasteiger partial charge in [0, 0.05) is 12.1 Å². The fraction of sp³-hybridized carbons (Fsp3) is 0.692. The molecule has 100 valence electrons. The van der Waals surface area contributed by atoms with E-state index in [0.29, 0.717) is 19.6 Å². The molecular formula is C13H20N2O3. The van der Waals surface area contributed by atoms with Crippen molar-refractivity contribution in [2.45, 2.75) is 46.3 Å². The van der Waals surface area contributed by atoms with E-state index in [-0.39, 0.29) is 18.1 Å². The van der Waals surface area contributed by atoms with Crippen LogP contribution in [0.3, 0.4) is 0 Å². The van der Waals surface area contributed by atoms with Gasteiger partial charge in [0.25, 0.3) is 0 Å². The third-order valence-corrected chi connectivity index (χ3v) is 3.44. The van der Waals surface area contributed by atoms with Crippen molar-refractivity contribution in [2.24, 2.45) is 0 Å². The number of nitrogens with zero attached hydrogens (tertiary/aromatic N) is 2. The molecule has 1 aromatic rings. The van der Waals surface area contributed by atoms with Crippen LogP contribution in [0.25, 0.3) is 0 Å². The quantitative estimate of drug-likeness (QED) is 0.799. The number of carbonyl (C=O) groups excluding carboxylic acids is 1. The minimum absolute atomic E-state index is 0.106. The van der Waals surface area contributed by atoms with Gasteiger partial charge in [-0.05, 0) is 27.7 Å². The molecule has 18 heavy (non-hydrogen) atoms. The predicted molar refractivity (Wildman–Crippen MR) is 66.3 cm³/mol. The van der Waals surface area contributed by atoms with Gasteiger partial charge in [0.2, 0.25) is 5.91 Å². The van der Waals surface area contributed by atoms with Crippen LogP contribution in [-0.2, 0) is 16.0 Å². The second-order valence-corrected chi connectivity index (χ2v) is 5.02. The van der Waals surface area contributed by atoms with E-state index in [1.165, 1.54) is 0 Å². The molecule has 1 fully saturated rings. The van der Waals surface area contributed by atoms with E-state index in [2.05, 4.69) is 5.16 Å². The first-order valence-electron chi connectivity index (χ1n) is 6.32. The minimum atomic E-state index is 0.106. The lowest BCUT2D eigenvalue weighted by atomic mass is 10.1. The molecule has 0 bridgehead atoms. The molecule has 1 amide bonds. The van der Waals surface area contributed by atoms with Gasteiger partial charge in [0.15, 0.2) is 0 Å². The van der Waals surface area contributed by atoms with Gasteiger partial charge >= 0.3 is 0 Å². The summed E-state index contributed by atoms with van der Waals surface area (Å²) in [5.74, 6) is 0.849. The van der Waals surface area contributed by atoms with Crippen molar-refractivity contribution in [2.75, 3.05) is 13.2 Å². The highest BCUT2D eigenvalue weighted by Crippen LogP contribution is 2.17. The molecule has 2 atom stereocenters. The Labute approximate surface area is 107 Å². The maximum atomic E-state index is 12.3. The average molecular weight is 252 g/mol. The molecule has 1 aromatic heterocycles. The highest BCUT2D eigenvalue weighted by atomic mass is 16.5. The van der Waals surface area contributed by atoms with Crippen molar-refractivity contribution < 1.29 is 14.1 Å². The van der Waals surface area contributed by atoms with Crippen molar-refractivity contribution in [1.82, 2.24) is 10.1 Å². The van der Waals surface area contributed by atoms with Crippen molar-refractivity contribution in [3.63, 3.8) is 0 Å². The predicted octanol–water partition coefficient (Wildman–Crippen LogP) is 1.47. The molecule has 0 N–H and O–H groups in total. The molecule has 2 heterocycles. The van der Waals surface area contributed by atoms with E-state index in [0.717, 1.165) is 17.0 Å². The molecule has 0 aromatic carbocycles. The summed E-state index contributed by atoms with van der Waals surface area (Å²) < 4.78 is 10.6. The topological polar surface area (TPSA) is 55.6 Å². The number of hydrogen-bond donors (Lipinski definition) is 0. The number of hydrogen-bond acceptors (Lipinski definition) is 4. The number of ether oxygens (including phenoxy) is 1. The highest BCUT2D eigenvalue weighted by molar-refractivity contribution is 5.79. The molecule has 5 heteroatoms. The van der Waals surface area contributed by atoms with Gasteiger partial charge in [-0.2, -0.15) is 0 Å². The summed E-state index contributed by atoms with van der Waals surface area (Å²) in [5, 5.41) is 3.88. The molecule has 5 nitrogen and oxygen atoms in total. The van der Waals surface area contributed by atoms with Crippen LogP contribution in [0.5, 0.6) is 0 Å². The van der Waals surface area contributed by atoms with E-state index in [9.17, 15) is 4.79 Å². The first-order valence-corrected chi connectivity index (χ1v) is 6.32. The second kappa shape index (κ2) is 5.10. The van der Waals surface area contributed by atoms with Crippen LogP contribution in [0, 0.1) is 13.8 Å². The van der Waals surface area contributed by atoms with Crippen molar-refractivity contribution in [3.8, 4) is 0 Å². The molecule has 1 aliphatic heterocycles. The summed E-state index contributed by atoms with van der Waals surface area (Å²) in [4.78, 5) is 14.2. The lowest BCUT2D eigenvalue weighted by molar-refractivity contribution is -0.142. The molecule has 2 rings (SSSR count). The van der Waals surface area contributed by atoms with Crippen LogP contribution in [0.1, 0.15) is 30.9 Å². The largest absolute Gasteiger partial charge is 0.375 e. The van der Waals surface area contributed by atoms with E-state index in [4.69, 9.17) is 9.26 Å². The SMILES string of the molecule is Cc1noc(C)c1CC(=O)N1C[C@@H](C)OC[C@H]1C. The van der Waals surface area contributed by atoms with Crippen LogP contribution in [-0.4, -0.2) is 41.3 Å². The molecule has 0 saturated carbocycles. The average Bonchev–Trinajstić information content (AvgIpc) is 2.64. The zero-order valence-corrected chi connectivity index (χ0v) is 11.4. The van der Waals surface area contributed by atoms with Gasteiger partial charge < -0.3 is 14.2 Å². The van der Waals surface area contributed by atoms with E-state index >= 15 is 0 Å². The van der Waals surface area contributed by atoms with Crippen LogP contribution >= 0.6 is 0 Å². The monoisotopic (exact) mass is 252 g/mol. The molecule has 0 unspecified atom stereocenters. The van der Waals surface area contributed by atoms with Crippen LogP contribution in [0.2, 0.25) is 0 Å². The van der Waals surface area contributed by atoms with Gasteiger partial charge in [0.1, 0.15) is 5.76 Å². The Hall–Kier alpha value is -1.36. The molecule has 0 spiro atoms. The summed E-state index contributed by atoms with van der Waals surface area (Å²) in [6, 6.07) is 0.133. The van der Waals surface area contributed by atoms with Crippen molar-refractivity contribution in [3.05, 3.63) is 17.0 Å². The Balaban J connectivity index is 2.07. The lowest BCUT2D eigenvalue weighted by Crippen LogP contribution is -2.50. The molecule has 0 aliphatic carbocycles. The van der Waals surface area contributed by atoms with Gasteiger partial charge in [0.05, 0.1) is 30.9 Å². The third kappa shape index (κ3) is 2.56. The van der Waals surface area contributed by atoms with E-state index in [1.807, 2.05) is 32.6 Å². The van der Waals surface area contributed by atoms with Gasteiger partial charge in [-0.15, -0.1) is 0 Å². The number of amides is 1. The van der Waals surface area contributed by atoms with E-state index < -0.39 is 0 Å². The summed E-state index contributed by atoms with van der Waals surface area (Å²) in [5.41, 5.74) is 1.71. The number of carbonyl (C=O) groups is 1. The summed E-state index contributed by atoms with van der Waals surface area (Å²) >= 11 is 0. The normalized spacial score (nSPS) is 24.3. The number of aromatic nitrogens is 1. The number of morpholine rings is 1. The first kappa shape index (κ1) is 13.1. The Morgan fingerprint density at radius 1 is 1.44 bits per heavy atom. The van der Waals surface area contributed by atoms with Crippen molar-refractivity contribution >= 4 is 5.91 Å². The minimum Gasteiger partial charge on any atom is -0.375 e.